The highest BCUT2D eigenvalue weighted by Crippen LogP contribution is 2.29. The SMILES string of the molecule is Cn1cc(C(F)(F)F)nc1-c1ccc(C#N)cn1. The molecule has 0 unspecified atom stereocenters. The maximum atomic E-state index is 12.5. The molecule has 2 aromatic heterocycles. The van der Waals surface area contributed by atoms with Gasteiger partial charge in [-0.05, 0) is 12.1 Å². The van der Waals surface area contributed by atoms with E-state index in [1.807, 2.05) is 6.07 Å². The van der Waals surface area contributed by atoms with Gasteiger partial charge in [0.05, 0.1) is 5.56 Å². The number of nitrogens with zero attached hydrogens (tertiary/aromatic N) is 4. The lowest BCUT2D eigenvalue weighted by molar-refractivity contribution is -0.140. The molecule has 0 bridgehead atoms. The van der Waals surface area contributed by atoms with Gasteiger partial charge >= 0.3 is 6.18 Å². The summed E-state index contributed by atoms with van der Waals surface area (Å²) in [5.74, 6) is 0.104. The summed E-state index contributed by atoms with van der Waals surface area (Å²) in [6.45, 7) is 0. The second kappa shape index (κ2) is 4.14. The fraction of sp³-hybridized carbons (Fsp3) is 0.182. The number of hydrogen-bond donors (Lipinski definition) is 0. The maximum absolute atomic E-state index is 12.5. The van der Waals surface area contributed by atoms with E-state index < -0.39 is 11.9 Å². The minimum atomic E-state index is -4.48. The van der Waals surface area contributed by atoms with Crippen LogP contribution in [0, 0.1) is 11.3 Å². The number of imidazole rings is 1. The number of halogens is 3. The molecule has 92 valence electrons. The summed E-state index contributed by atoms with van der Waals surface area (Å²) in [5, 5.41) is 8.60. The van der Waals surface area contributed by atoms with Gasteiger partial charge in [0.2, 0.25) is 0 Å². The van der Waals surface area contributed by atoms with Crippen molar-refractivity contribution in [2.45, 2.75) is 6.18 Å². The molecule has 0 radical (unpaired) electrons. The van der Waals surface area contributed by atoms with Gasteiger partial charge in [-0.1, -0.05) is 0 Å². The van der Waals surface area contributed by atoms with Crippen molar-refractivity contribution in [1.82, 2.24) is 14.5 Å². The Labute approximate surface area is 100 Å². The Balaban J connectivity index is 2.45. The Bertz CT molecular complexity index is 605. The number of hydrogen-bond acceptors (Lipinski definition) is 3. The topological polar surface area (TPSA) is 54.5 Å². The lowest BCUT2D eigenvalue weighted by Crippen LogP contribution is -2.04. The van der Waals surface area contributed by atoms with Crippen LogP contribution in [-0.4, -0.2) is 14.5 Å². The van der Waals surface area contributed by atoms with E-state index in [1.165, 1.54) is 29.9 Å². The molecule has 7 heteroatoms. The third-order valence-electron chi connectivity index (χ3n) is 2.29. The smallest absolute Gasteiger partial charge is 0.332 e. The normalized spacial score (nSPS) is 11.3. The molecule has 0 aliphatic heterocycles. The van der Waals surface area contributed by atoms with E-state index in [2.05, 4.69) is 9.97 Å². The number of aromatic nitrogens is 3. The van der Waals surface area contributed by atoms with E-state index in [-0.39, 0.29) is 11.5 Å². The van der Waals surface area contributed by atoms with Crippen LogP contribution < -0.4 is 0 Å². The van der Waals surface area contributed by atoms with Gasteiger partial charge in [-0.2, -0.15) is 18.4 Å². The summed E-state index contributed by atoms with van der Waals surface area (Å²) in [6, 6.07) is 4.82. The highest BCUT2D eigenvalue weighted by atomic mass is 19.4. The number of aryl methyl sites for hydroxylation is 1. The highest BCUT2D eigenvalue weighted by molar-refractivity contribution is 5.51. The summed E-state index contributed by atoms with van der Waals surface area (Å²) >= 11 is 0. The van der Waals surface area contributed by atoms with Gasteiger partial charge < -0.3 is 4.57 Å². The summed E-state index contributed by atoms with van der Waals surface area (Å²) in [7, 11) is 1.46. The molecule has 2 aromatic rings. The fourth-order valence-corrected chi connectivity index (χ4v) is 1.43. The van der Waals surface area contributed by atoms with Crippen LogP contribution in [0.3, 0.4) is 0 Å². The van der Waals surface area contributed by atoms with Gasteiger partial charge in [-0.15, -0.1) is 0 Å². The van der Waals surface area contributed by atoms with Crippen molar-refractivity contribution in [2.75, 3.05) is 0 Å². The van der Waals surface area contributed by atoms with Gasteiger partial charge in [-0.3, -0.25) is 4.98 Å². The first-order valence-electron chi connectivity index (χ1n) is 4.89. The molecule has 0 saturated carbocycles. The van der Waals surface area contributed by atoms with E-state index in [0.29, 0.717) is 5.56 Å². The zero-order chi connectivity index (χ0) is 13.3. The maximum Gasteiger partial charge on any atom is 0.434 e. The van der Waals surface area contributed by atoms with Crippen molar-refractivity contribution in [3.63, 3.8) is 0 Å². The summed E-state index contributed by atoms with van der Waals surface area (Å²) < 4.78 is 38.7. The first-order valence-corrected chi connectivity index (χ1v) is 4.89. The molecular formula is C11H7F3N4. The molecule has 0 saturated heterocycles. The van der Waals surface area contributed by atoms with Crippen molar-refractivity contribution in [2.24, 2.45) is 7.05 Å². The van der Waals surface area contributed by atoms with Crippen molar-refractivity contribution in [3.8, 4) is 17.6 Å². The van der Waals surface area contributed by atoms with E-state index in [9.17, 15) is 13.2 Å². The Morgan fingerprint density at radius 1 is 1.33 bits per heavy atom. The Kier molecular flexibility index (Phi) is 2.79. The molecular weight excluding hydrogens is 245 g/mol. The monoisotopic (exact) mass is 252 g/mol. The minimum Gasteiger partial charge on any atom is -0.332 e. The number of alkyl halides is 3. The molecule has 0 spiro atoms. The fourth-order valence-electron chi connectivity index (χ4n) is 1.43. The second-order valence-electron chi connectivity index (χ2n) is 3.60. The van der Waals surface area contributed by atoms with Crippen LogP contribution in [-0.2, 0) is 13.2 Å². The van der Waals surface area contributed by atoms with Gasteiger partial charge in [0.25, 0.3) is 0 Å². The third kappa shape index (κ3) is 2.18. The predicted octanol–water partition coefficient (Wildman–Crippen LogP) is 2.37. The number of rotatable bonds is 1. The standard InChI is InChI=1S/C11H7F3N4/c1-18-6-9(11(12,13)14)17-10(18)8-3-2-7(4-15)5-16-8/h2-3,5-6H,1H3. The van der Waals surface area contributed by atoms with Crippen molar-refractivity contribution in [1.29, 1.82) is 5.26 Å². The lowest BCUT2D eigenvalue weighted by Gasteiger charge is -2.00. The van der Waals surface area contributed by atoms with Gasteiger partial charge in [0, 0.05) is 19.4 Å². The van der Waals surface area contributed by atoms with Gasteiger partial charge in [-0.25, -0.2) is 4.98 Å². The molecule has 0 aromatic carbocycles. The average molecular weight is 252 g/mol. The van der Waals surface area contributed by atoms with Crippen molar-refractivity contribution in [3.05, 3.63) is 35.8 Å². The molecule has 18 heavy (non-hydrogen) atoms. The van der Waals surface area contributed by atoms with Crippen LogP contribution in [0.5, 0.6) is 0 Å². The lowest BCUT2D eigenvalue weighted by atomic mass is 10.2. The Morgan fingerprint density at radius 2 is 2.06 bits per heavy atom. The summed E-state index contributed by atoms with van der Waals surface area (Å²) in [6.07, 6.45) is -2.30. The molecule has 2 heterocycles. The van der Waals surface area contributed by atoms with Crippen molar-refractivity contribution >= 4 is 0 Å². The first-order chi connectivity index (χ1) is 8.41. The predicted molar refractivity (Wildman–Crippen MR) is 56.2 cm³/mol. The quantitative estimate of drug-likeness (QED) is 0.782. The molecule has 0 amide bonds. The first kappa shape index (κ1) is 12.1. The molecule has 0 aliphatic rings. The van der Waals surface area contributed by atoms with E-state index >= 15 is 0 Å². The zero-order valence-electron chi connectivity index (χ0n) is 9.23. The molecule has 0 fully saturated rings. The second-order valence-corrected chi connectivity index (χ2v) is 3.60. The van der Waals surface area contributed by atoms with Crippen molar-refractivity contribution < 1.29 is 13.2 Å². The zero-order valence-corrected chi connectivity index (χ0v) is 9.23. The van der Waals surface area contributed by atoms with Crippen LogP contribution in [0.2, 0.25) is 0 Å². The molecule has 0 atom stereocenters. The third-order valence-corrected chi connectivity index (χ3v) is 2.29. The van der Waals surface area contributed by atoms with Crippen LogP contribution >= 0.6 is 0 Å². The highest BCUT2D eigenvalue weighted by Gasteiger charge is 2.34. The summed E-state index contributed by atoms with van der Waals surface area (Å²) in [5.41, 5.74) is -0.345. The van der Waals surface area contributed by atoms with Crippen LogP contribution in [0.4, 0.5) is 13.2 Å². The molecule has 0 aliphatic carbocycles. The van der Waals surface area contributed by atoms with Crippen LogP contribution in [0.25, 0.3) is 11.5 Å². The molecule has 0 N–H and O–H groups in total. The minimum absolute atomic E-state index is 0.104. The molecule has 4 nitrogen and oxygen atoms in total. The molecule has 2 rings (SSSR count). The number of nitriles is 1. The van der Waals surface area contributed by atoms with E-state index in [0.717, 1.165) is 6.20 Å². The van der Waals surface area contributed by atoms with Gasteiger partial charge in [0.1, 0.15) is 11.8 Å². The Hall–Kier alpha value is -2.36. The summed E-state index contributed by atoms with van der Waals surface area (Å²) in [4.78, 5) is 7.40. The largest absolute Gasteiger partial charge is 0.434 e. The van der Waals surface area contributed by atoms with E-state index in [1.54, 1.807) is 0 Å². The van der Waals surface area contributed by atoms with Crippen LogP contribution in [0.15, 0.2) is 24.5 Å². The Morgan fingerprint density at radius 3 is 2.50 bits per heavy atom. The number of pyridine rings is 1. The van der Waals surface area contributed by atoms with E-state index in [4.69, 9.17) is 5.26 Å². The van der Waals surface area contributed by atoms with Gasteiger partial charge in [0.15, 0.2) is 11.5 Å². The van der Waals surface area contributed by atoms with Crippen LogP contribution in [0.1, 0.15) is 11.3 Å². The average Bonchev–Trinajstić information content (AvgIpc) is 2.71.